The number of nitrogens with zero attached hydrogens (tertiary/aromatic N) is 1. The van der Waals surface area contributed by atoms with Crippen molar-refractivity contribution in [1.29, 1.82) is 0 Å². The van der Waals surface area contributed by atoms with Crippen molar-refractivity contribution in [2.45, 2.75) is 5.41 Å². The third-order valence-corrected chi connectivity index (χ3v) is 13.9. The van der Waals surface area contributed by atoms with E-state index < -0.39 is 5.41 Å². The van der Waals surface area contributed by atoms with Gasteiger partial charge in [0.2, 0.25) is 0 Å². The fourth-order valence-electron chi connectivity index (χ4n) is 11.2. The highest BCUT2D eigenvalue weighted by atomic mass is 16.3. The summed E-state index contributed by atoms with van der Waals surface area (Å²) >= 11 is 0. The Hall–Kier alpha value is -8.40. The third kappa shape index (κ3) is 4.81. The zero-order valence-corrected chi connectivity index (χ0v) is 34.6. The topological polar surface area (TPSA) is 29.5 Å². The Morgan fingerprint density at radius 2 is 0.875 bits per heavy atom. The van der Waals surface area contributed by atoms with Crippen molar-refractivity contribution in [3.63, 3.8) is 0 Å². The molecule has 0 N–H and O–H groups in total. The Balaban J connectivity index is 1.02. The molecule has 2 aliphatic rings. The highest BCUT2D eigenvalue weighted by Gasteiger charge is 2.51. The van der Waals surface area contributed by atoms with E-state index in [9.17, 15) is 0 Å². The number of furan rings is 2. The van der Waals surface area contributed by atoms with E-state index in [2.05, 4.69) is 217 Å². The molecule has 0 bridgehead atoms. The van der Waals surface area contributed by atoms with Crippen molar-refractivity contribution in [3.05, 3.63) is 247 Å². The molecule has 2 aromatic heterocycles. The Bertz CT molecular complexity index is 3790. The maximum atomic E-state index is 7.12. The molecule has 2 heterocycles. The minimum Gasteiger partial charge on any atom is -0.456 e. The molecule has 10 aromatic carbocycles. The summed E-state index contributed by atoms with van der Waals surface area (Å²) in [7, 11) is 0. The fraction of sp³-hybridized carbons (Fsp3) is 0.0164. The summed E-state index contributed by atoms with van der Waals surface area (Å²) in [5.74, 6) is 0. The van der Waals surface area contributed by atoms with Gasteiger partial charge in [0, 0.05) is 50.2 Å². The number of hydrogen-bond donors (Lipinski definition) is 0. The minimum atomic E-state index is -0.468. The summed E-state index contributed by atoms with van der Waals surface area (Å²) < 4.78 is 13.7. The molecule has 2 aliphatic carbocycles. The molecule has 298 valence electrons. The van der Waals surface area contributed by atoms with E-state index in [1.54, 1.807) is 0 Å². The average molecular weight is 816 g/mol. The quantitative estimate of drug-likeness (QED) is 0.173. The highest BCUT2D eigenvalue weighted by molar-refractivity contribution is 6.23. The second-order valence-electron chi connectivity index (χ2n) is 17.1. The maximum Gasteiger partial charge on any atom is 0.144 e. The summed E-state index contributed by atoms with van der Waals surface area (Å²) in [5, 5.41) is 4.21. The van der Waals surface area contributed by atoms with Gasteiger partial charge in [0.15, 0.2) is 0 Å². The summed E-state index contributed by atoms with van der Waals surface area (Å²) in [6.45, 7) is 0. The van der Waals surface area contributed by atoms with Gasteiger partial charge in [0.1, 0.15) is 22.3 Å². The van der Waals surface area contributed by atoms with Crippen molar-refractivity contribution >= 4 is 60.9 Å². The van der Waals surface area contributed by atoms with Gasteiger partial charge in [0.25, 0.3) is 0 Å². The summed E-state index contributed by atoms with van der Waals surface area (Å²) in [6, 6.07) is 81.4. The largest absolute Gasteiger partial charge is 0.456 e. The first kappa shape index (κ1) is 35.2. The molecular weight excluding hydrogens is 779 g/mol. The maximum absolute atomic E-state index is 7.12. The smallest absolute Gasteiger partial charge is 0.144 e. The van der Waals surface area contributed by atoms with Crippen molar-refractivity contribution in [1.82, 2.24) is 0 Å². The van der Waals surface area contributed by atoms with Gasteiger partial charge in [-0.1, -0.05) is 170 Å². The molecule has 0 saturated carbocycles. The van der Waals surface area contributed by atoms with E-state index in [0.717, 1.165) is 77.6 Å². The van der Waals surface area contributed by atoms with Crippen LogP contribution in [0.2, 0.25) is 0 Å². The molecule has 0 radical (unpaired) electrons. The third-order valence-electron chi connectivity index (χ3n) is 13.9. The molecule has 3 nitrogen and oxygen atoms in total. The second kappa shape index (κ2) is 13.3. The molecule has 0 amide bonds. The van der Waals surface area contributed by atoms with E-state index in [-0.39, 0.29) is 0 Å². The number of fused-ring (bicyclic) bond motifs is 16. The monoisotopic (exact) mass is 815 g/mol. The second-order valence-corrected chi connectivity index (χ2v) is 17.1. The lowest BCUT2D eigenvalue weighted by Gasteiger charge is -2.32. The van der Waals surface area contributed by atoms with Crippen LogP contribution in [0.5, 0.6) is 0 Å². The molecule has 0 fully saturated rings. The number of anilines is 3. The zero-order valence-electron chi connectivity index (χ0n) is 34.6. The van der Waals surface area contributed by atoms with E-state index in [0.29, 0.717) is 0 Å². The van der Waals surface area contributed by atoms with E-state index in [1.165, 1.54) is 50.1 Å². The van der Waals surface area contributed by atoms with E-state index in [4.69, 9.17) is 8.83 Å². The summed E-state index contributed by atoms with van der Waals surface area (Å²) in [6.07, 6.45) is 0. The zero-order chi connectivity index (χ0) is 41.9. The molecule has 64 heavy (non-hydrogen) atoms. The SMILES string of the molecule is c1ccc(-c2cccc(N(c3ccc4c(c3)C3(c5ccccc5-c5ccccc53)c3ccccc3-4)c3ccc4c(c3)oc3c(-c5ccccc5)c5c(cc34)oc3ccccc35)c2)cc1. The Labute approximate surface area is 369 Å². The lowest BCUT2D eigenvalue weighted by Crippen LogP contribution is -2.26. The lowest BCUT2D eigenvalue weighted by molar-refractivity contribution is 0.664. The van der Waals surface area contributed by atoms with Crippen LogP contribution in [0.1, 0.15) is 22.3 Å². The predicted molar refractivity (Wildman–Crippen MR) is 263 cm³/mol. The van der Waals surface area contributed by atoms with Crippen LogP contribution in [-0.2, 0) is 5.41 Å². The van der Waals surface area contributed by atoms with Crippen molar-refractivity contribution in [2.24, 2.45) is 0 Å². The summed E-state index contributed by atoms with van der Waals surface area (Å²) in [5.41, 5.74) is 20.9. The van der Waals surface area contributed by atoms with Crippen molar-refractivity contribution in [2.75, 3.05) is 4.90 Å². The molecular formula is C61H37NO2. The van der Waals surface area contributed by atoms with Crippen LogP contribution >= 0.6 is 0 Å². The Kier molecular flexibility index (Phi) is 7.32. The predicted octanol–water partition coefficient (Wildman–Crippen LogP) is 16.6. The average Bonchev–Trinajstić information content (AvgIpc) is 4.09. The molecule has 0 aliphatic heterocycles. The molecule has 0 saturated heterocycles. The standard InChI is InChI=1S/C61H37NO2/c1-3-16-38(17-4-1)40-20-15-21-41(34-40)62(42-30-32-47-46-24-9-13-28-53(46)61(54(47)35-42)51-26-11-7-22-44(51)45-23-8-12-27-52(45)61)43-31-33-48-50-37-57-59(49-25-10-14-29-55(49)63-57)58(39-18-5-2-6-19-39)60(50)64-56(48)36-43/h1-37H. The highest BCUT2D eigenvalue weighted by Crippen LogP contribution is 2.63. The summed E-state index contributed by atoms with van der Waals surface area (Å²) in [4.78, 5) is 2.40. The number of hydrogen-bond acceptors (Lipinski definition) is 3. The molecule has 0 unspecified atom stereocenters. The number of para-hydroxylation sites is 1. The number of rotatable bonds is 5. The molecule has 3 heteroatoms. The first-order chi connectivity index (χ1) is 31.7. The first-order valence-corrected chi connectivity index (χ1v) is 22.0. The lowest BCUT2D eigenvalue weighted by atomic mass is 9.70. The van der Waals surface area contributed by atoms with Crippen LogP contribution in [0, 0.1) is 0 Å². The van der Waals surface area contributed by atoms with Crippen molar-refractivity contribution < 1.29 is 8.83 Å². The van der Waals surface area contributed by atoms with Gasteiger partial charge in [-0.3, -0.25) is 0 Å². The van der Waals surface area contributed by atoms with E-state index in [1.807, 2.05) is 12.1 Å². The van der Waals surface area contributed by atoms with Gasteiger partial charge in [0.05, 0.1) is 5.41 Å². The van der Waals surface area contributed by atoms with Gasteiger partial charge in [-0.05, 0) is 110 Å². The van der Waals surface area contributed by atoms with Gasteiger partial charge in [-0.2, -0.15) is 0 Å². The van der Waals surface area contributed by atoms with Crippen molar-refractivity contribution in [3.8, 4) is 44.5 Å². The van der Waals surface area contributed by atoms with Crippen LogP contribution in [0.15, 0.2) is 233 Å². The minimum absolute atomic E-state index is 0.468. The van der Waals surface area contributed by atoms with Crippen LogP contribution in [0.4, 0.5) is 17.1 Å². The van der Waals surface area contributed by atoms with Gasteiger partial charge < -0.3 is 13.7 Å². The molecule has 12 aromatic rings. The Morgan fingerprint density at radius 1 is 0.312 bits per heavy atom. The van der Waals surface area contributed by atoms with E-state index >= 15 is 0 Å². The van der Waals surface area contributed by atoms with Crippen LogP contribution in [-0.4, -0.2) is 0 Å². The molecule has 14 rings (SSSR count). The van der Waals surface area contributed by atoms with Crippen LogP contribution < -0.4 is 4.90 Å². The molecule has 0 atom stereocenters. The van der Waals surface area contributed by atoms with Crippen LogP contribution in [0.3, 0.4) is 0 Å². The molecule has 1 spiro atoms. The fourth-order valence-corrected chi connectivity index (χ4v) is 11.2. The van der Waals surface area contributed by atoms with Gasteiger partial charge >= 0.3 is 0 Å². The normalized spacial score (nSPS) is 13.1. The van der Waals surface area contributed by atoms with Gasteiger partial charge in [-0.15, -0.1) is 0 Å². The van der Waals surface area contributed by atoms with Crippen LogP contribution in [0.25, 0.3) is 88.4 Å². The first-order valence-electron chi connectivity index (χ1n) is 22.0. The Morgan fingerprint density at radius 3 is 1.59 bits per heavy atom. The van der Waals surface area contributed by atoms with Gasteiger partial charge in [-0.25, -0.2) is 0 Å². The number of benzene rings is 10.